The first-order valence-electron chi connectivity index (χ1n) is 10.5. The van der Waals surface area contributed by atoms with E-state index in [0.29, 0.717) is 5.92 Å². The van der Waals surface area contributed by atoms with Gasteiger partial charge in [0.2, 0.25) is 0 Å². The number of hydrogen-bond acceptors (Lipinski definition) is 2. The van der Waals surface area contributed by atoms with E-state index in [1.807, 2.05) is 0 Å². The van der Waals surface area contributed by atoms with Crippen molar-refractivity contribution in [2.24, 2.45) is 0 Å². The van der Waals surface area contributed by atoms with Crippen molar-refractivity contribution in [2.75, 3.05) is 13.1 Å². The lowest BCUT2D eigenvalue weighted by Gasteiger charge is -2.37. The van der Waals surface area contributed by atoms with Crippen molar-refractivity contribution in [3.05, 3.63) is 71.3 Å². The van der Waals surface area contributed by atoms with Crippen molar-refractivity contribution in [1.29, 1.82) is 5.26 Å². The van der Waals surface area contributed by atoms with Gasteiger partial charge in [0.25, 0.3) is 0 Å². The molecule has 1 saturated carbocycles. The van der Waals surface area contributed by atoms with Crippen LogP contribution >= 0.6 is 23.2 Å². The summed E-state index contributed by atoms with van der Waals surface area (Å²) < 4.78 is 0. The highest BCUT2D eigenvalue weighted by Gasteiger charge is 2.39. The SMILES string of the molecule is CC#N.CCCN(CCCc1ccc(C2CC(Cl)C2Cl)cc1)Cc1ccccc1. The van der Waals surface area contributed by atoms with Crippen LogP contribution in [-0.4, -0.2) is 28.7 Å². The molecule has 0 saturated heterocycles. The van der Waals surface area contributed by atoms with Gasteiger partial charge >= 0.3 is 0 Å². The molecule has 2 aromatic carbocycles. The summed E-state index contributed by atoms with van der Waals surface area (Å²) in [5.41, 5.74) is 4.15. The van der Waals surface area contributed by atoms with Gasteiger partial charge in [-0.05, 0) is 55.5 Å². The van der Waals surface area contributed by atoms with Gasteiger partial charge in [-0.3, -0.25) is 4.90 Å². The Morgan fingerprint density at radius 1 is 1.00 bits per heavy atom. The molecular formula is C25H32Cl2N2. The highest BCUT2D eigenvalue weighted by Crippen LogP contribution is 2.44. The zero-order valence-electron chi connectivity index (χ0n) is 17.5. The second-order valence-corrected chi connectivity index (χ2v) is 8.70. The van der Waals surface area contributed by atoms with Crippen LogP contribution in [0.2, 0.25) is 0 Å². The van der Waals surface area contributed by atoms with Crippen LogP contribution in [0.1, 0.15) is 55.7 Å². The van der Waals surface area contributed by atoms with Crippen molar-refractivity contribution in [3.8, 4) is 6.07 Å². The minimum absolute atomic E-state index is 0.0862. The molecule has 3 unspecified atom stereocenters. The van der Waals surface area contributed by atoms with Gasteiger partial charge in [0, 0.05) is 19.4 Å². The van der Waals surface area contributed by atoms with Gasteiger partial charge in [-0.1, -0.05) is 61.5 Å². The van der Waals surface area contributed by atoms with E-state index in [1.54, 1.807) is 6.07 Å². The van der Waals surface area contributed by atoms with Gasteiger partial charge in [-0.25, -0.2) is 0 Å². The Hall–Kier alpha value is -1.53. The highest BCUT2D eigenvalue weighted by atomic mass is 35.5. The molecule has 1 aliphatic carbocycles. The predicted molar refractivity (Wildman–Crippen MR) is 125 cm³/mol. The number of benzene rings is 2. The predicted octanol–water partition coefficient (Wildman–Crippen LogP) is 6.76. The third-order valence-electron chi connectivity index (χ3n) is 5.35. The second kappa shape index (κ2) is 12.9. The summed E-state index contributed by atoms with van der Waals surface area (Å²) in [7, 11) is 0. The van der Waals surface area contributed by atoms with Crippen molar-refractivity contribution >= 4 is 23.2 Å². The zero-order chi connectivity index (χ0) is 21.1. The normalized spacial score (nSPS) is 20.3. The van der Waals surface area contributed by atoms with Gasteiger partial charge in [-0.2, -0.15) is 5.26 Å². The average Bonchev–Trinajstić information content (AvgIpc) is 2.74. The van der Waals surface area contributed by atoms with Crippen LogP contribution in [0.5, 0.6) is 0 Å². The van der Waals surface area contributed by atoms with Crippen LogP contribution < -0.4 is 0 Å². The van der Waals surface area contributed by atoms with Crippen LogP contribution in [-0.2, 0) is 13.0 Å². The zero-order valence-corrected chi connectivity index (χ0v) is 19.0. The molecule has 3 rings (SSSR count). The summed E-state index contributed by atoms with van der Waals surface area (Å²) >= 11 is 12.4. The number of nitriles is 1. The van der Waals surface area contributed by atoms with E-state index in [4.69, 9.17) is 28.5 Å². The number of nitrogens with zero attached hydrogens (tertiary/aromatic N) is 2. The minimum Gasteiger partial charge on any atom is -0.299 e. The van der Waals surface area contributed by atoms with Gasteiger partial charge < -0.3 is 0 Å². The first kappa shape index (κ1) is 23.7. The van der Waals surface area contributed by atoms with E-state index in [9.17, 15) is 0 Å². The summed E-state index contributed by atoms with van der Waals surface area (Å²) in [6.07, 6.45) is 4.52. The maximum Gasteiger partial charge on any atom is 0.0587 e. The van der Waals surface area contributed by atoms with Crippen molar-refractivity contribution in [2.45, 2.75) is 62.7 Å². The van der Waals surface area contributed by atoms with Gasteiger partial charge in [0.1, 0.15) is 0 Å². The van der Waals surface area contributed by atoms with Gasteiger partial charge in [0.05, 0.1) is 16.8 Å². The van der Waals surface area contributed by atoms with E-state index >= 15 is 0 Å². The Morgan fingerprint density at radius 2 is 1.66 bits per heavy atom. The standard InChI is InChI=1S/C23H29Cl2N.C2H3N/c1-2-14-26(17-19-7-4-3-5-8-19)15-6-9-18-10-12-20(13-11-18)21-16-22(24)23(21)25;1-2-3/h3-5,7-8,10-13,21-23H,2,6,9,14-17H2,1H3;1H3. The molecule has 29 heavy (non-hydrogen) atoms. The largest absolute Gasteiger partial charge is 0.299 e. The maximum absolute atomic E-state index is 7.32. The van der Waals surface area contributed by atoms with E-state index in [0.717, 1.165) is 32.5 Å². The van der Waals surface area contributed by atoms with Crippen molar-refractivity contribution in [1.82, 2.24) is 4.90 Å². The van der Waals surface area contributed by atoms with Gasteiger partial charge in [-0.15, -0.1) is 23.2 Å². The van der Waals surface area contributed by atoms with Crippen molar-refractivity contribution in [3.63, 3.8) is 0 Å². The molecule has 0 amide bonds. The number of hydrogen-bond donors (Lipinski definition) is 0. The summed E-state index contributed by atoms with van der Waals surface area (Å²) in [5.74, 6) is 0.430. The van der Waals surface area contributed by atoms with Crippen molar-refractivity contribution < 1.29 is 0 Å². The third-order valence-corrected chi connectivity index (χ3v) is 6.53. The second-order valence-electron chi connectivity index (χ2n) is 7.63. The lowest BCUT2D eigenvalue weighted by Crippen LogP contribution is -2.36. The van der Waals surface area contributed by atoms with E-state index in [-0.39, 0.29) is 10.8 Å². The fourth-order valence-corrected chi connectivity index (χ4v) is 4.46. The summed E-state index contributed by atoms with van der Waals surface area (Å²) in [6.45, 7) is 7.04. The smallest absolute Gasteiger partial charge is 0.0587 e. The molecule has 2 nitrogen and oxygen atoms in total. The molecule has 156 valence electrons. The molecule has 1 fully saturated rings. The number of halogens is 2. The van der Waals surface area contributed by atoms with Crippen LogP contribution in [0.3, 0.4) is 0 Å². The number of aryl methyl sites for hydroxylation is 1. The van der Waals surface area contributed by atoms with Crippen LogP contribution in [0.15, 0.2) is 54.6 Å². The molecule has 1 aliphatic rings. The van der Waals surface area contributed by atoms with E-state index < -0.39 is 0 Å². The lowest BCUT2D eigenvalue weighted by atomic mass is 9.78. The van der Waals surface area contributed by atoms with E-state index in [1.165, 1.54) is 36.5 Å². The summed E-state index contributed by atoms with van der Waals surface area (Å²) in [4.78, 5) is 2.57. The minimum atomic E-state index is 0.0862. The Kier molecular flexibility index (Phi) is 10.6. The quantitative estimate of drug-likeness (QED) is 0.410. The monoisotopic (exact) mass is 430 g/mol. The summed E-state index contributed by atoms with van der Waals surface area (Å²) in [5, 5.41) is 7.54. The molecule has 2 aromatic rings. The molecular weight excluding hydrogens is 399 g/mol. The Balaban J connectivity index is 0.000000941. The average molecular weight is 431 g/mol. The fourth-order valence-electron chi connectivity index (χ4n) is 3.74. The first-order valence-corrected chi connectivity index (χ1v) is 11.4. The highest BCUT2D eigenvalue weighted by molar-refractivity contribution is 6.31. The van der Waals surface area contributed by atoms with Gasteiger partial charge in [0.15, 0.2) is 0 Å². The maximum atomic E-state index is 7.32. The summed E-state index contributed by atoms with van der Waals surface area (Å²) in [6, 6.07) is 21.5. The molecule has 3 atom stereocenters. The molecule has 0 N–H and O–H groups in total. The lowest BCUT2D eigenvalue weighted by molar-refractivity contribution is 0.262. The fraction of sp³-hybridized carbons (Fsp3) is 0.480. The Labute approximate surface area is 186 Å². The molecule has 0 spiro atoms. The van der Waals surface area contributed by atoms with Crippen LogP contribution in [0, 0.1) is 11.3 Å². The first-order chi connectivity index (χ1) is 14.1. The Morgan fingerprint density at radius 3 is 2.21 bits per heavy atom. The number of rotatable bonds is 9. The van der Waals surface area contributed by atoms with Crippen LogP contribution in [0.4, 0.5) is 0 Å². The Bertz CT molecular complexity index is 740. The van der Waals surface area contributed by atoms with Crippen LogP contribution in [0.25, 0.3) is 0 Å². The molecule has 0 aliphatic heterocycles. The topological polar surface area (TPSA) is 27.0 Å². The molecule has 0 radical (unpaired) electrons. The molecule has 4 heteroatoms. The van der Waals surface area contributed by atoms with E-state index in [2.05, 4.69) is 66.4 Å². The third kappa shape index (κ3) is 7.67. The number of alkyl halides is 2. The molecule has 0 heterocycles. The molecule has 0 bridgehead atoms. The molecule has 0 aromatic heterocycles.